The molecule has 3 nitrogen and oxygen atoms in total. The third-order valence-electron chi connectivity index (χ3n) is 3.52. The molecule has 1 fully saturated rings. The molecule has 6 heteroatoms. The van der Waals surface area contributed by atoms with Gasteiger partial charge in [0.1, 0.15) is 5.75 Å². The van der Waals surface area contributed by atoms with E-state index in [0.717, 1.165) is 18.4 Å². The van der Waals surface area contributed by atoms with Crippen LogP contribution in [-0.2, 0) is 6.54 Å². The fraction of sp³-hybridized carbons (Fsp3) is 0.571. The van der Waals surface area contributed by atoms with Crippen molar-refractivity contribution in [3.8, 4) is 5.75 Å². The van der Waals surface area contributed by atoms with Crippen LogP contribution in [0.25, 0.3) is 0 Å². The molecule has 0 radical (unpaired) electrons. The maximum absolute atomic E-state index is 12.1. The van der Waals surface area contributed by atoms with E-state index < -0.39 is 6.36 Å². The Morgan fingerprint density at radius 3 is 2.30 bits per heavy atom. The van der Waals surface area contributed by atoms with Crippen LogP contribution in [0.15, 0.2) is 24.3 Å². The van der Waals surface area contributed by atoms with E-state index in [1.54, 1.807) is 12.1 Å². The quantitative estimate of drug-likeness (QED) is 0.874. The number of hydrogen-bond donors (Lipinski definition) is 1. The molecule has 1 aromatic carbocycles. The van der Waals surface area contributed by atoms with E-state index in [-0.39, 0.29) is 12.4 Å². The van der Waals surface area contributed by atoms with Gasteiger partial charge in [-0.25, -0.2) is 0 Å². The monoisotopic (exact) mass is 289 g/mol. The minimum absolute atomic E-state index is 0.0891. The second-order valence-electron chi connectivity index (χ2n) is 4.97. The molecule has 0 saturated heterocycles. The number of alkyl halides is 3. The average Bonchev–Trinajstić information content (AvgIpc) is 2.28. The van der Waals surface area contributed by atoms with Crippen LogP contribution in [0.5, 0.6) is 5.75 Å². The molecule has 0 unspecified atom stereocenters. The molecule has 2 rings (SSSR count). The maximum atomic E-state index is 12.1. The smallest absolute Gasteiger partial charge is 0.406 e. The normalized spacial score (nSPS) is 16.2. The summed E-state index contributed by atoms with van der Waals surface area (Å²) >= 11 is 0. The van der Waals surface area contributed by atoms with Crippen LogP contribution >= 0.6 is 0 Å². The Morgan fingerprint density at radius 1 is 1.20 bits per heavy atom. The lowest BCUT2D eigenvalue weighted by molar-refractivity contribution is -0.274. The van der Waals surface area contributed by atoms with Crippen molar-refractivity contribution in [1.29, 1.82) is 0 Å². The summed E-state index contributed by atoms with van der Waals surface area (Å²) in [6, 6.07) is 6.38. The van der Waals surface area contributed by atoms with E-state index >= 15 is 0 Å². The Labute approximate surface area is 116 Å². The largest absolute Gasteiger partial charge is 0.573 e. The van der Waals surface area contributed by atoms with Crippen molar-refractivity contribution in [3.05, 3.63) is 29.8 Å². The highest BCUT2D eigenvalue weighted by Gasteiger charge is 2.31. The Morgan fingerprint density at radius 2 is 1.85 bits per heavy atom. The van der Waals surface area contributed by atoms with E-state index in [2.05, 4.69) is 9.64 Å². The highest BCUT2D eigenvalue weighted by atomic mass is 19.4. The van der Waals surface area contributed by atoms with Gasteiger partial charge in [0, 0.05) is 19.1 Å². The zero-order valence-corrected chi connectivity index (χ0v) is 11.1. The highest BCUT2D eigenvalue weighted by Crippen LogP contribution is 2.27. The molecule has 1 aliphatic carbocycles. The molecule has 1 aliphatic rings. The third-order valence-corrected chi connectivity index (χ3v) is 3.52. The topological polar surface area (TPSA) is 32.7 Å². The van der Waals surface area contributed by atoms with Crippen LogP contribution in [0.1, 0.15) is 24.8 Å². The van der Waals surface area contributed by atoms with Crippen LogP contribution in [-0.4, -0.2) is 35.6 Å². The SMILES string of the molecule is OCCN(Cc1ccc(OC(F)(F)F)cc1)C1CCC1. The zero-order chi connectivity index (χ0) is 14.6. The van der Waals surface area contributed by atoms with Crippen molar-refractivity contribution in [2.75, 3.05) is 13.2 Å². The van der Waals surface area contributed by atoms with Gasteiger partial charge in [0.05, 0.1) is 6.61 Å². The van der Waals surface area contributed by atoms with Crippen molar-refractivity contribution >= 4 is 0 Å². The van der Waals surface area contributed by atoms with E-state index in [0.29, 0.717) is 19.1 Å². The van der Waals surface area contributed by atoms with Gasteiger partial charge in [-0.2, -0.15) is 0 Å². The summed E-state index contributed by atoms with van der Waals surface area (Å²) in [5.41, 5.74) is 0.917. The maximum Gasteiger partial charge on any atom is 0.573 e. The number of aliphatic hydroxyl groups excluding tert-OH is 1. The van der Waals surface area contributed by atoms with Crippen LogP contribution in [0.4, 0.5) is 13.2 Å². The number of hydrogen-bond acceptors (Lipinski definition) is 3. The van der Waals surface area contributed by atoms with Crippen LogP contribution < -0.4 is 4.74 Å². The first-order valence-electron chi connectivity index (χ1n) is 6.67. The summed E-state index contributed by atoms with van der Waals surface area (Å²) < 4.78 is 40.0. The molecule has 0 atom stereocenters. The van der Waals surface area contributed by atoms with Crippen molar-refractivity contribution in [2.24, 2.45) is 0 Å². The van der Waals surface area contributed by atoms with Gasteiger partial charge in [0.15, 0.2) is 0 Å². The Bertz CT molecular complexity index is 415. The van der Waals surface area contributed by atoms with E-state index in [1.165, 1.54) is 18.6 Å². The summed E-state index contributed by atoms with van der Waals surface area (Å²) in [7, 11) is 0. The molecular formula is C14H18F3NO2. The molecule has 1 aromatic rings. The molecule has 1 saturated carbocycles. The second kappa shape index (κ2) is 6.45. The molecule has 1 N–H and O–H groups in total. The Kier molecular flexibility index (Phi) is 4.88. The summed E-state index contributed by atoms with van der Waals surface area (Å²) in [5, 5.41) is 9.07. The molecule has 0 amide bonds. The predicted octanol–water partition coefficient (Wildman–Crippen LogP) is 2.93. The first kappa shape index (κ1) is 15.1. The molecule has 0 aliphatic heterocycles. The summed E-state index contributed by atoms with van der Waals surface area (Å²) in [5.74, 6) is -0.210. The number of ether oxygens (including phenoxy) is 1. The van der Waals surface area contributed by atoms with Crippen LogP contribution in [0.3, 0.4) is 0 Å². The van der Waals surface area contributed by atoms with Crippen LogP contribution in [0, 0.1) is 0 Å². The Hall–Kier alpha value is -1.27. The average molecular weight is 289 g/mol. The van der Waals surface area contributed by atoms with Gasteiger partial charge < -0.3 is 9.84 Å². The molecule has 20 heavy (non-hydrogen) atoms. The van der Waals surface area contributed by atoms with Gasteiger partial charge >= 0.3 is 6.36 Å². The summed E-state index contributed by atoms with van der Waals surface area (Å²) in [6.45, 7) is 1.31. The van der Waals surface area contributed by atoms with Gasteiger partial charge in [0.25, 0.3) is 0 Å². The number of nitrogens with zero attached hydrogens (tertiary/aromatic N) is 1. The van der Waals surface area contributed by atoms with Gasteiger partial charge in [-0.3, -0.25) is 4.90 Å². The lowest BCUT2D eigenvalue weighted by Gasteiger charge is -2.37. The molecule has 0 aromatic heterocycles. The summed E-state index contributed by atoms with van der Waals surface area (Å²) in [4.78, 5) is 2.17. The van der Waals surface area contributed by atoms with Gasteiger partial charge in [-0.15, -0.1) is 13.2 Å². The molecule has 112 valence electrons. The van der Waals surface area contributed by atoms with Crippen LogP contribution in [0.2, 0.25) is 0 Å². The highest BCUT2D eigenvalue weighted by molar-refractivity contribution is 5.27. The van der Waals surface area contributed by atoms with E-state index in [9.17, 15) is 13.2 Å². The zero-order valence-electron chi connectivity index (χ0n) is 11.1. The van der Waals surface area contributed by atoms with Gasteiger partial charge in [-0.05, 0) is 30.5 Å². The molecular weight excluding hydrogens is 271 g/mol. The van der Waals surface area contributed by atoms with Crippen molar-refractivity contribution in [3.63, 3.8) is 0 Å². The van der Waals surface area contributed by atoms with Crippen molar-refractivity contribution in [2.45, 2.75) is 38.2 Å². The standard InChI is InChI=1S/C14H18F3NO2/c15-14(16,17)20-13-6-4-11(5-7-13)10-18(8-9-19)12-2-1-3-12/h4-7,12,19H,1-3,8-10H2. The van der Waals surface area contributed by atoms with E-state index in [1.807, 2.05) is 0 Å². The minimum Gasteiger partial charge on any atom is -0.406 e. The number of benzene rings is 1. The van der Waals surface area contributed by atoms with Gasteiger partial charge in [0.2, 0.25) is 0 Å². The lowest BCUT2D eigenvalue weighted by Crippen LogP contribution is -2.41. The molecule has 0 spiro atoms. The third kappa shape index (κ3) is 4.38. The minimum atomic E-state index is -4.66. The lowest BCUT2D eigenvalue weighted by atomic mass is 9.91. The summed E-state index contributed by atoms with van der Waals surface area (Å²) in [6.07, 6.45) is -1.22. The van der Waals surface area contributed by atoms with Crippen molar-refractivity contribution < 1.29 is 23.0 Å². The van der Waals surface area contributed by atoms with Crippen molar-refractivity contribution in [1.82, 2.24) is 4.90 Å². The number of rotatable bonds is 6. The fourth-order valence-electron chi connectivity index (χ4n) is 2.30. The predicted molar refractivity (Wildman–Crippen MR) is 68.3 cm³/mol. The molecule has 0 heterocycles. The van der Waals surface area contributed by atoms with Gasteiger partial charge in [-0.1, -0.05) is 18.6 Å². The second-order valence-corrected chi connectivity index (χ2v) is 4.97. The Balaban J connectivity index is 1.94. The number of halogens is 3. The number of aliphatic hydroxyl groups is 1. The van der Waals surface area contributed by atoms with E-state index in [4.69, 9.17) is 5.11 Å². The first-order valence-corrected chi connectivity index (χ1v) is 6.67. The first-order chi connectivity index (χ1) is 9.48. The molecule has 0 bridgehead atoms. The fourth-order valence-corrected chi connectivity index (χ4v) is 2.30.